The molecular formula is C8H18N2. The fourth-order valence-electron chi connectivity index (χ4n) is 1.61. The Balaban J connectivity index is 2.18. The number of hydrogen-bond acceptors (Lipinski definition) is 2. The van der Waals surface area contributed by atoms with Gasteiger partial charge in [0.25, 0.3) is 0 Å². The summed E-state index contributed by atoms with van der Waals surface area (Å²) in [6.45, 7) is 5.84. The van der Waals surface area contributed by atoms with E-state index in [4.69, 9.17) is 5.73 Å². The molecule has 1 aliphatic rings. The first-order chi connectivity index (χ1) is 4.83. The molecule has 0 bridgehead atoms. The molecule has 0 spiro atoms. The molecule has 2 N–H and O–H groups in total. The number of piperidine rings is 1. The molecule has 1 atom stereocenters. The summed E-state index contributed by atoms with van der Waals surface area (Å²) in [6, 6.07) is 0.445. The van der Waals surface area contributed by atoms with Crippen molar-refractivity contribution in [3.63, 3.8) is 0 Å². The van der Waals surface area contributed by atoms with E-state index in [0.29, 0.717) is 6.04 Å². The Bertz CT molecular complexity index is 91.3. The minimum absolute atomic E-state index is 0.445. The lowest BCUT2D eigenvalue weighted by molar-refractivity contribution is 0.209. The van der Waals surface area contributed by atoms with E-state index in [-0.39, 0.29) is 0 Å². The van der Waals surface area contributed by atoms with Gasteiger partial charge in [-0.15, -0.1) is 0 Å². The largest absolute Gasteiger partial charge is 0.327 e. The molecule has 0 amide bonds. The molecule has 1 fully saturated rings. The second-order valence-electron chi connectivity index (χ2n) is 3.20. The van der Waals surface area contributed by atoms with Gasteiger partial charge in [-0.2, -0.15) is 0 Å². The molecule has 0 saturated carbocycles. The van der Waals surface area contributed by atoms with Gasteiger partial charge >= 0.3 is 0 Å². The van der Waals surface area contributed by atoms with Gasteiger partial charge in [0.15, 0.2) is 0 Å². The maximum Gasteiger partial charge on any atom is 0.0168 e. The van der Waals surface area contributed by atoms with E-state index in [0.717, 1.165) is 6.54 Å². The first kappa shape index (κ1) is 8.02. The first-order valence-corrected chi connectivity index (χ1v) is 4.31. The number of likely N-dealkylation sites (tertiary alicyclic amines) is 1. The van der Waals surface area contributed by atoms with Gasteiger partial charge in [0.2, 0.25) is 0 Å². The standard InChI is InChI=1S/C8H18N2/c1-2-5-10-6-3-4-8(9)7-10/h8H,2-7,9H2,1H3. The van der Waals surface area contributed by atoms with Crippen LogP contribution in [0, 0.1) is 0 Å². The van der Waals surface area contributed by atoms with E-state index in [9.17, 15) is 0 Å². The summed E-state index contributed by atoms with van der Waals surface area (Å²) in [6.07, 6.45) is 3.77. The maximum absolute atomic E-state index is 5.81. The highest BCUT2D eigenvalue weighted by molar-refractivity contribution is 4.74. The third-order valence-corrected chi connectivity index (χ3v) is 2.08. The van der Waals surface area contributed by atoms with Gasteiger partial charge in [-0.1, -0.05) is 6.92 Å². The summed E-state index contributed by atoms with van der Waals surface area (Å²) >= 11 is 0. The lowest BCUT2D eigenvalue weighted by Crippen LogP contribution is -2.42. The SMILES string of the molecule is CCCN1CCCC(N)C1. The first-order valence-electron chi connectivity index (χ1n) is 4.31. The van der Waals surface area contributed by atoms with Crippen molar-refractivity contribution < 1.29 is 0 Å². The van der Waals surface area contributed by atoms with E-state index < -0.39 is 0 Å². The van der Waals surface area contributed by atoms with Crippen molar-refractivity contribution in [3.8, 4) is 0 Å². The van der Waals surface area contributed by atoms with Crippen LogP contribution in [-0.2, 0) is 0 Å². The topological polar surface area (TPSA) is 29.3 Å². The lowest BCUT2D eigenvalue weighted by Gasteiger charge is -2.30. The van der Waals surface area contributed by atoms with Gasteiger partial charge in [-0.3, -0.25) is 0 Å². The van der Waals surface area contributed by atoms with Crippen LogP contribution in [0.4, 0.5) is 0 Å². The van der Waals surface area contributed by atoms with Gasteiger partial charge in [-0.05, 0) is 32.4 Å². The summed E-state index contributed by atoms with van der Waals surface area (Å²) < 4.78 is 0. The second-order valence-corrected chi connectivity index (χ2v) is 3.20. The van der Waals surface area contributed by atoms with Crippen LogP contribution in [-0.4, -0.2) is 30.6 Å². The normalized spacial score (nSPS) is 28.8. The molecule has 60 valence electrons. The summed E-state index contributed by atoms with van der Waals surface area (Å²) in [5, 5.41) is 0. The highest BCUT2D eigenvalue weighted by Crippen LogP contribution is 2.07. The molecule has 1 heterocycles. The van der Waals surface area contributed by atoms with Crippen LogP contribution in [0.25, 0.3) is 0 Å². The number of rotatable bonds is 2. The highest BCUT2D eigenvalue weighted by Gasteiger charge is 2.14. The van der Waals surface area contributed by atoms with Crippen molar-refractivity contribution in [2.24, 2.45) is 5.73 Å². The molecule has 10 heavy (non-hydrogen) atoms. The van der Waals surface area contributed by atoms with Crippen molar-refractivity contribution in [2.45, 2.75) is 32.2 Å². The van der Waals surface area contributed by atoms with E-state index in [1.54, 1.807) is 0 Å². The van der Waals surface area contributed by atoms with Crippen LogP contribution in [0.5, 0.6) is 0 Å². The number of nitrogens with two attached hydrogens (primary N) is 1. The number of hydrogen-bond donors (Lipinski definition) is 1. The smallest absolute Gasteiger partial charge is 0.0168 e. The van der Waals surface area contributed by atoms with Gasteiger partial charge < -0.3 is 10.6 Å². The summed E-state index contributed by atoms with van der Waals surface area (Å²) in [4.78, 5) is 2.47. The van der Waals surface area contributed by atoms with Crippen molar-refractivity contribution in [1.82, 2.24) is 4.90 Å². The molecule has 1 rings (SSSR count). The Labute approximate surface area is 63.4 Å². The highest BCUT2D eigenvalue weighted by atomic mass is 15.1. The molecule has 1 saturated heterocycles. The van der Waals surface area contributed by atoms with Gasteiger partial charge in [0.05, 0.1) is 0 Å². The van der Waals surface area contributed by atoms with Gasteiger partial charge in [0.1, 0.15) is 0 Å². The van der Waals surface area contributed by atoms with Crippen molar-refractivity contribution in [1.29, 1.82) is 0 Å². The van der Waals surface area contributed by atoms with Crippen molar-refractivity contribution in [2.75, 3.05) is 19.6 Å². The Morgan fingerprint density at radius 2 is 2.40 bits per heavy atom. The van der Waals surface area contributed by atoms with E-state index in [2.05, 4.69) is 11.8 Å². The molecular weight excluding hydrogens is 124 g/mol. The van der Waals surface area contributed by atoms with Crippen LogP contribution in [0.1, 0.15) is 26.2 Å². The Kier molecular flexibility index (Phi) is 3.16. The van der Waals surface area contributed by atoms with Crippen molar-refractivity contribution in [3.05, 3.63) is 0 Å². The van der Waals surface area contributed by atoms with E-state index >= 15 is 0 Å². The fourth-order valence-corrected chi connectivity index (χ4v) is 1.61. The zero-order valence-corrected chi connectivity index (χ0v) is 6.84. The minimum Gasteiger partial charge on any atom is -0.327 e. The molecule has 2 nitrogen and oxygen atoms in total. The lowest BCUT2D eigenvalue weighted by atomic mass is 10.1. The third kappa shape index (κ3) is 2.27. The molecule has 1 unspecified atom stereocenters. The summed E-state index contributed by atoms with van der Waals surface area (Å²) in [5.74, 6) is 0. The maximum atomic E-state index is 5.81. The van der Waals surface area contributed by atoms with Crippen LogP contribution in [0.3, 0.4) is 0 Å². The average Bonchev–Trinajstić information content (AvgIpc) is 1.88. The van der Waals surface area contributed by atoms with Gasteiger partial charge in [0, 0.05) is 12.6 Å². The molecule has 0 aliphatic carbocycles. The molecule has 0 aromatic heterocycles. The minimum atomic E-state index is 0.445. The third-order valence-electron chi connectivity index (χ3n) is 2.08. The van der Waals surface area contributed by atoms with Crippen LogP contribution in [0.2, 0.25) is 0 Å². The second kappa shape index (κ2) is 3.94. The molecule has 0 aromatic carbocycles. The van der Waals surface area contributed by atoms with E-state index in [1.807, 2.05) is 0 Å². The molecule has 0 aromatic rings. The number of nitrogens with zero attached hydrogens (tertiary/aromatic N) is 1. The molecule has 2 heteroatoms. The quantitative estimate of drug-likeness (QED) is 0.618. The van der Waals surface area contributed by atoms with Crippen LogP contribution in [0.15, 0.2) is 0 Å². The van der Waals surface area contributed by atoms with Crippen LogP contribution < -0.4 is 5.73 Å². The Morgan fingerprint density at radius 1 is 1.60 bits per heavy atom. The average molecular weight is 142 g/mol. The Hall–Kier alpha value is -0.0800. The van der Waals surface area contributed by atoms with Crippen molar-refractivity contribution >= 4 is 0 Å². The summed E-state index contributed by atoms with van der Waals surface area (Å²) in [7, 11) is 0. The predicted octanol–water partition coefficient (Wildman–Crippen LogP) is 0.820. The zero-order valence-electron chi connectivity index (χ0n) is 6.84. The molecule has 0 radical (unpaired) electrons. The summed E-state index contributed by atoms with van der Waals surface area (Å²) in [5.41, 5.74) is 5.81. The monoisotopic (exact) mass is 142 g/mol. The predicted molar refractivity (Wildman–Crippen MR) is 43.9 cm³/mol. The Morgan fingerprint density at radius 3 is 3.00 bits per heavy atom. The molecule has 1 aliphatic heterocycles. The zero-order chi connectivity index (χ0) is 7.40. The van der Waals surface area contributed by atoms with Gasteiger partial charge in [-0.25, -0.2) is 0 Å². The fraction of sp³-hybridized carbons (Fsp3) is 1.00. The van der Waals surface area contributed by atoms with Crippen LogP contribution >= 0.6 is 0 Å². The van der Waals surface area contributed by atoms with E-state index in [1.165, 1.54) is 32.4 Å².